The van der Waals surface area contributed by atoms with Gasteiger partial charge in [0.2, 0.25) is 5.91 Å². The Kier molecular flexibility index (Phi) is 11.2. The summed E-state index contributed by atoms with van der Waals surface area (Å²) < 4.78 is 5.61. The second-order valence-corrected chi connectivity index (χ2v) is 8.89. The lowest BCUT2D eigenvalue weighted by molar-refractivity contribution is -0.119. The highest BCUT2D eigenvalue weighted by Crippen LogP contribution is 2.23. The van der Waals surface area contributed by atoms with E-state index in [1.807, 2.05) is 6.07 Å². The molecule has 0 radical (unpaired) electrons. The van der Waals surface area contributed by atoms with Crippen LogP contribution in [-0.2, 0) is 11.3 Å². The summed E-state index contributed by atoms with van der Waals surface area (Å²) in [6, 6.07) is 11.7. The van der Waals surface area contributed by atoms with Crippen LogP contribution in [0.2, 0.25) is 0 Å². The first-order chi connectivity index (χ1) is 18.9. The van der Waals surface area contributed by atoms with Crippen molar-refractivity contribution in [2.45, 2.75) is 45.1 Å². The van der Waals surface area contributed by atoms with Gasteiger partial charge in [-0.1, -0.05) is 56.7 Å². The molecule has 3 aromatic rings. The Labute approximate surface area is 227 Å². The molecule has 0 spiro atoms. The molecule has 1 saturated carbocycles. The van der Waals surface area contributed by atoms with Crippen molar-refractivity contribution in [2.24, 2.45) is 0 Å². The zero-order valence-electron chi connectivity index (χ0n) is 22.2. The van der Waals surface area contributed by atoms with Gasteiger partial charge in [0, 0.05) is 32.3 Å². The van der Waals surface area contributed by atoms with Crippen LogP contribution in [0.3, 0.4) is 0 Å². The third-order valence-electron chi connectivity index (χ3n) is 6.04. The van der Waals surface area contributed by atoms with Crippen LogP contribution in [0.1, 0.15) is 75.6 Å². The van der Waals surface area contributed by atoms with Crippen LogP contribution >= 0.6 is 0 Å². The lowest BCUT2D eigenvalue weighted by Crippen LogP contribution is -2.34. The fourth-order valence-electron chi connectivity index (χ4n) is 3.85. The molecule has 4 N–H and O–H groups in total. The fourth-order valence-corrected chi connectivity index (χ4v) is 3.85. The Morgan fingerprint density at radius 2 is 1.44 bits per heavy atom. The Balaban J connectivity index is 0.000000617. The summed E-state index contributed by atoms with van der Waals surface area (Å²) in [5.74, 6) is -1.17. The Hall–Kier alpha value is -4.54. The van der Waals surface area contributed by atoms with Crippen LogP contribution in [0, 0.1) is 0 Å². The van der Waals surface area contributed by atoms with Crippen LogP contribution in [0.15, 0.2) is 53.2 Å². The predicted octanol–water partition coefficient (Wildman–Crippen LogP) is 2.84. The molecule has 0 atom stereocenters. The molecule has 11 heteroatoms. The molecule has 206 valence electrons. The van der Waals surface area contributed by atoms with Gasteiger partial charge < -0.3 is 25.7 Å². The minimum atomic E-state index is -0.505. The number of hydrogen-bond donors (Lipinski definition) is 4. The van der Waals surface area contributed by atoms with Gasteiger partial charge in [-0.3, -0.25) is 19.2 Å². The van der Waals surface area contributed by atoms with Gasteiger partial charge in [-0.2, -0.15) is 0 Å². The van der Waals surface area contributed by atoms with E-state index in [0.29, 0.717) is 11.3 Å². The van der Waals surface area contributed by atoms with Gasteiger partial charge in [-0.25, -0.2) is 9.97 Å². The summed E-state index contributed by atoms with van der Waals surface area (Å²) >= 11 is 0. The summed E-state index contributed by atoms with van der Waals surface area (Å²) in [6.07, 6.45) is 10.2. The molecule has 39 heavy (non-hydrogen) atoms. The molecule has 2 aromatic heterocycles. The van der Waals surface area contributed by atoms with E-state index in [0.717, 1.165) is 11.9 Å². The van der Waals surface area contributed by atoms with Crippen LogP contribution < -0.4 is 21.3 Å². The normalized spacial score (nSPS) is 12.4. The second-order valence-electron chi connectivity index (χ2n) is 8.89. The number of carbonyl (C=O) groups excluding carboxylic acids is 4. The lowest BCUT2D eigenvalue weighted by Gasteiger charge is -2.07. The number of likely N-dealkylation sites (N-methyl/N-ethyl adjacent to an activating group) is 1. The summed E-state index contributed by atoms with van der Waals surface area (Å²) in [5, 5.41) is 10.1. The second kappa shape index (κ2) is 15.0. The third-order valence-corrected chi connectivity index (χ3v) is 6.04. The zero-order valence-corrected chi connectivity index (χ0v) is 22.2. The maximum absolute atomic E-state index is 12.4. The topological polar surface area (TPSA) is 155 Å². The van der Waals surface area contributed by atoms with Crippen molar-refractivity contribution in [1.29, 1.82) is 0 Å². The van der Waals surface area contributed by atoms with Crippen LogP contribution in [0.5, 0.6) is 0 Å². The largest absolute Gasteiger partial charge is 0.451 e. The lowest BCUT2D eigenvalue weighted by atomic mass is 10.0. The minimum absolute atomic E-state index is 0.0678. The molecule has 0 bridgehead atoms. The third kappa shape index (κ3) is 9.06. The quantitative estimate of drug-likeness (QED) is 0.346. The molecule has 2 heterocycles. The van der Waals surface area contributed by atoms with E-state index in [4.69, 9.17) is 4.42 Å². The number of amides is 4. The van der Waals surface area contributed by atoms with Crippen molar-refractivity contribution in [3.05, 3.63) is 71.5 Å². The first-order valence-corrected chi connectivity index (χ1v) is 12.9. The van der Waals surface area contributed by atoms with Crippen molar-refractivity contribution in [1.82, 2.24) is 31.2 Å². The van der Waals surface area contributed by atoms with Crippen molar-refractivity contribution < 1.29 is 23.6 Å². The highest BCUT2D eigenvalue weighted by Gasteiger charge is 2.15. The van der Waals surface area contributed by atoms with Gasteiger partial charge in [0.05, 0.1) is 6.54 Å². The summed E-state index contributed by atoms with van der Waals surface area (Å²) in [5.41, 5.74) is 1.64. The Morgan fingerprint density at radius 1 is 0.769 bits per heavy atom. The molecule has 1 aliphatic rings. The number of nitrogens with zero attached hydrogens (tertiary/aromatic N) is 2. The predicted molar refractivity (Wildman–Crippen MR) is 145 cm³/mol. The van der Waals surface area contributed by atoms with Crippen LogP contribution in [0.4, 0.5) is 0 Å². The van der Waals surface area contributed by atoms with E-state index < -0.39 is 17.7 Å². The number of rotatable bonds is 8. The number of aromatic nitrogens is 2. The maximum Gasteiger partial charge on any atom is 0.287 e. The van der Waals surface area contributed by atoms with E-state index in [1.165, 1.54) is 64.8 Å². The molecule has 0 saturated heterocycles. The molecule has 4 rings (SSSR count). The fraction of sp³-hybridized carbons (Fsp3) is 0.357. The Bertz CT molecular complexity index is 1270. The van der Waals surface area contributed by atoms with Gasteiger partial charge >= 0.3 is 0 Å². The van der Waals surface area contributed by atoms with Crippen LogP contribution in [0.25, 0.3) is 11.3 Å². The van der Waals surface area contributed by atoms with Gasteiger partial charge in [0.15, 0.2) is 5.76 Å². The Morgan fingerprint density at radius 3 is 2.08 bits per heavy atom. The van der Waals surface area contributed by atoms with Crippen LogP contribution in [-0.4, -0.2) is 54.2 Å². The number of hydrogen-bond acceptors (Lipinski definition) is 7. The van der Waals surface area contributed by atoms with Gasteiger partial charge in [-0.15, -0.1) is 0 Å². The van der Waals surface area contributed by atoms with E-state index >= 15 is 0 Å². The number of nitrogens with one attached hydrogen (secondary N) is 4. The summed E-state index contributed by atoms with van der Waals surface area (Å²) in [7, 11) is 2.95. The molecule has 11 nitrogen and oxygen atoms in total. The average Bonchev–Trinajstić information content (AvgIpc) is 3.50. The molecule has 1 fully saturated rings. The molecule has 0 unspecified atom stereocenters. The van der Waals surface area contributed by atoms with Gasteiger partial charge in [-0.05, 0) is 23.8 Å². The molecule has 4 amide bonds. The maximum atomic E-state index is 12.4. The summed E-state index contributed by atoms with van der Waals surface area (Å²) in [4.78, 5) is 55.2. The van der Waals surface area contributed by atoms with Crippen molar-refractivity contribution in [3.63, 3.8) is 0 Å². The molecule has 1 aromatic carbocycles. The molecule has 1 aliphatic carbocycles. The molecular weight excluding hydrogens is 500 g/mol. The van der Waals surface area contributed by atoms with E-state index in [1.54, 1.807) is 24.3 Å². The van der Waals surface area contributed by atoms with Crippen molar-refractivity contribution >= 4 is 23.6 Å². The monoisotopic (exact) mass is 534 g/mol. The SMILES string of the molecule is C1CCCCC1.CNC(=O)CNC(=O)c1ccc(-c2cccc(CNC(=O)c3cc(C(=O)NC)ncn3)c2)o1. The minimum Gasteiger partial charge on any atom is -0.451 e. The number of benzene rings is 1. The smallest absolute Gasteiger partial charge is 0.287 e. The first-order valence-electron chi connectivity index (χ1n) is 12.9. The number of carbonyl (C=O) groups is 4. The average molecular weight is 535 g/mol. The molecular formula is C28H34N6O5. The first kappa shape index (κ1) is 29.0. The standard InChI is InChI=1S/C22H22N6O5.C6H12/c1-23-19(29)11-26-22(32)18-7-6-17(33-18)14-5-3-4-13(8-14)10-25-21(31)16-9-15(20(30)24-2)27-12-28-16;1-2-4-6-5-3-1/h3-9,12H,10-11H2,1-2H3,(H,23,29)(H,24,30)(H,25,31)(H,26,32);1-6H2. The zero-order chi connectivity index (χ0) is 28.0. The number of furan rings is 1. The van der Waals surface area contributed by atoms with E-state index in [-0.39, 0.29) is 36.1 Å². The van der Waals surface area contributed by atoms with Crippen molar-refractivity contribution in [2.75, 3.05) is 20.6 Å². The van der Waals surface area contributed by atoms with E-state index in [9.17, 15) is 19.2 Å². The van der Waals surface area contributed by atoms with Gasteiger partial charge in [0.25, 0.3) is 17.7 Å². The van der Waals surface area contributed by atoms with Gasteiger partial charge in [0.1, 0.15) is 23.5 Å². The van der Waals surface area contributed by atoms with E-state index in [2.05, 4.69) is 31.2 Å². The highest BCUT2D eigenvalue weighted by molar-refractivity contribution is 5.97. The molecule has 0 aliphatic heterocycles. The highest BCUT2D eigenvalue weighted by atomic mass is 16.4. The van der Waals surface area contributed by atoms with Crippen molar-refractivity contribution in [3.8, 4) is 11.3 Å². The summed E-state index contributed by atoms with van der Waals surface area (Å²) in [6.45, 7) is 0.0453.